The zero-order chi connectivity index (χ0) is 20.4. The number of guanidine groups is 1. The van der Waals surface area contributed by atoms with E-state index in [1.807, 2.05) is 0 Å². The number of carbonyl (C=O) groups excluding carboxylic acids is 1. The number of hydrazine groups is 3. The number of amides is 1. The van der Waals surface area contributed by atoms with Crippen LogP contribution in [0, 0.1) is 0 Å². The second-order valence-electron chi connectivity index (χ2n) is 5.36. The molecular formula is C14H15F6N5O2. The Morgan fingerprint density at radius 2 is 1.67 bits per heavy atom. The van der Waals surface area contributed by atoms with Crippen LogP contribution in [0.2, 0.25) is 0 Å². The van der Waals surface area contributed by atoms with Crippen molar-refractivity contribution in [1.82, 2.24) is 21.1 Å². The van der Waals surface area contributed by atoms with Crippen LogP contribution in [0.4, 0.5) is 31.1 Å². The minimum Gasteiger partial charge on any atom is -0.448 e. The van der Waals surface area contributed by atoms with Crippen molar-refractivity contribution < 1.29 is 35.9 Å². The quantitative estimate of drug-likeness (QED) is 0.766. The molecule has 1 fully saturated rings. The molecule has 0 atom stereocenters. The Balaban J connectivity index is 2.32. The molecule has 0 unspecified atom stereocenters. The monoisotopic (exact) mass is 399 g/mol. The zero-order valence-electron chi connectivity index (χ0n) is 14.1. The van der Waals surface area contributed by atoms with Gasteiger partial charge in [0.05, 0.1) is 24.3 Å². The number of nitrogens with one attached hydrogen (secondary N) is 2. The van der Waals surface area contributed by atoms with E-state index in [0.717, 1.165) is 5.01 Å². The first-order chi connectivity index (χ1) is 12.4. The molecule has 0 aromatic heterocycles. The molecule has 0 radical (unpaired) electrons. The van der Waals surface area contributed by atoms with Gasteiger partial charge in [-0.1, -0.05) is 0 Å². The first kappa shape index (κ1) is 20.8. The highest BCUT2D eigenvalue weighted by molar-refractivity contribution is 5.94. The van der Waals surface area contributed by atoms with Crippen LogP contribution >= 0.6 is 0 Å². The molecule has 1 amide bonds. The van der Waals surface area contributed by atoms with E-state index in [1.54, 1.807) is 6.92 Å². The van der Waals surface area contributed by atoms with Gasteiger partial charge in [0.15, 0.2) is 0 Å². The van der Waals surface area contributed by atoms with Gasteiger partial charge < -0.3 is 4.74 Å². The minimum absolute atomic E-state index is 0.0325. The van der Waals surface area contributed by atoms with E-state index >= 15 is 0 Å². The van der Waals surface area contributed by atoms with Crippen molar-refractivity contribution in [3.05, 3.63) is 34.9 Å². The number of ether oxygens (including phenoxy) is 1. The Morgan fingerprint density at radius 3 is 2.15 bits per heavy atom. The molecule has 2 N–H and O–H groups in total. The van der Waals surface area contributed by atoms with Crippen molar-refractivity contribution in [2.24, 2.45) is 4.99 Å². The zero-order valence-corrected chi connectivity index (χ0v) is 14.1. The van der Waals surface area contributed by atoms with Gasteiger partial charge in [0.25, 0.3) is 0 Å². The minimum atomic E-state index is -4.95. The summed E-state index contributed by atoms with van der Waals surface area (Å²) in [6.45, 7) is 1.07. The highest BCUT2D eigenvalue weighted by Gasteiger charge is 2.37. The number of nitrogens with zero attached hydrogens (tertiary/aromatic N) is 3. The third-order valence-corrected chi connectivity index (χ3v) is 3.24. The van der Waals surface area contributed by atoms with Gasteiger partial charge in [0.2, 0.25) is 5.96 Å². The SMILES string of the molecule is CCOC(=O)N1NN(C)NC1=NCc1cc(C(F)(F)F)cc(C(F)(F)F)c1. The number of carbonyl (C=O) groups is 1. The number of aliphatic imine (C=N–C) groups is 1. The Morgan fingerprint density at radius 1 is 1.11 bits per heavy atom. The molecule has 1 aliphatic heterocycles. The number of hydrogen-bond donors (Lipinski definition) is 2. The maximum atomic E-state index is 12.9. The Labute approximate surface area is 149 Å². The second-order valence-corrected chi connectivity index (χ2v) is 5.36. The normalized spacial score (nSPS) is 17.3. The van der Waals surface area contributed by atoms with Crippen molar-refractivity contribution in [3.8, 4) is 0 Å². The largest absolute Gasteiger partial charge is 0.448 e. The second kappa shape index (κ2) is 7.60. The van der Waals surface area contributed by atoms with Crippen molar-refractivity contribution in [1.29, 1.82) is 0 Å². The molecule has 1 aliphatic rings. The van der Waals surface area contributed by atoms with E-state index in [1.165, 1.54) is 12.2 Å². The average molecular weight is 399 g/mol. The lowest BCUT2D eigenvalue weighted by atomic mass is 10.0. The molecule has 27 heavy (non-hydrogen) atoms. The summed E-state index contributed by atoms with van der Waals surface area (Å²) in [5, 5.41) is 2.02. The fraction of sp³-hybridized carbons (Fsp3) is 0.429. The summed E-state index contributed by atoms with van der Waals surface area (Å²) in [6.07, 6.45) is -10.8. The van der Waals surface area contributed by atoms with Crippen LogP contribution < -0.4 is 11.0 Å². The van der Waals surface area contributed by atoms with Gasteiger partial charge in [-0.05, 0) is 30.7 Å². The van der Waals surface area contributed by atoms with Crippen LogP contribution in [0.5, 0.6) is 0 Å². The number of benzene rings is 1. The van der Waals surface area contributed by atoms with Crippen molar-refractivity contribution in [2.45, 2.75) is 25.8 Å². The van der Waals surface area contributed by atoms with Crippen molar-refractivity contribution >= 4 is 12.1 Å². The summed E-state index contributed by atoms with van der Waals surface area (Å²) < 4.78 is 82.0. The molecule has 13 heteroatoms. The molecule has 0 bridgehead atoms. The standard InChI is InChI=1S/C14H15F6N5O2/c1-3-27-12(26)25-11(22-24(2)23-25)21-7-8-4-9(13(15,16)17)6-10(5-8)14(18,19)20/h4-6,23H,3,7H2,1-2H3,(H,21,22). The maximum Gasteiger partial charge on any atom is 0.432 e. The van der Waals surface area contributed by atoms with E-state index in [4.69, 9.17) is 4.74 Å². The van der Waals surface area contributed by atoms with Gasteiger partial charge in [-0.25, -0.2) is 9.79 Å². The first-order valence-electron chi connectivity index (χ1n) is 7.48. The maximum absolute atomic E-state index is 12.9. The summed E-state index contributed by atoms with van der Waals surface area (Å²) in [7, 11) is 1.46. The summed E-state index contributed by atoms with van der Waals surface area (Å²) in [4.78, 5) is 15.6. The predicted molar refractivity (Wildman–Crippen MR) is 80.5 cm³/mol. The lowest BCUT2D eigenvalue weighted by Crippen LogP contribution is -2.43. The number of hydrogen-bond acceptors (Lipinski definition) is 5. The Hall–Kier alpha value is -2.54. The molecular weight excluding hydrogens is 384 g/mol. The van der Waals surface area contributed by atoms with E-state index in [-0.39, 0.29) is 24.2 Å². The summed E-state index contributed by atoms with van der Waals surface area (Å²) >= 11 is 0. The van der Waals surface area contributed by atoms with Crippen LogP contribution in [-0.2, 0) is 23.6 Å². The van der Waals surface area contributed by atoms with Gasteiger partial charge in [-0.15, -0.1) is 10.7 Å². The van der Waals surface area contributed by atoms with Gasteiger partial charge in [0, 0.05) is 7.05 Å². The van der Waals surface area contributed by atoms with Crippen LogP contribution in [0.3, 0.4) is 0 Å². The molecule has 0 aliphatic carbocycles. The molecule has 0 spiro atoms. The van der Waals surface area contributed by atoms with E-state index in [9.17, 15) is 31.1 Å². The van der Waals surface area contributed by atoms with Crippen molar-refractivity contribution in [3.63, 3.8) is 0 Å². The molecule has 1 aromatic carbocycles. The van der Waals surface area contributed by atoms with E-state index in [0.29, 0.717) is 12.1 Å². The fourth-order valence-corrected chi connectivity index (χ4v) is 2.12. The predicted octanol–water partition coefficient (Wildman–Crippen LogP) is 2.91. The lowest BCUT2D eigenvalue weighted by molar-refractivity contribution is -0.143. The lowest BCUT2D eigenvalue weighted by Gasteiger charge is -2.15. The Bertz CT molecular complexity index is 701. The topological polar surface area (TPSA) is 69.2 Å². The highest BCUT2D eigenvalue weighted by atomic mass is 19.4. The third kappa shape index (κ3) is 5.23. The molecule has 7 nitrogen and oxygen atoms in total. The third-order valence-electron chi connectivity index (χ3n) is 3.24. The molecule has 1 heterocycles. The van der Waals surface area contributed by atoms with Gasteiger partial charge in [-0.3, -0.25) is 5.43 Å². The molecule has 1 aromatic rings. The fourth-order valence-electron chi connectivity index (χ4n) is 2.12. The number of rotatable bonds is 3. The van der Waals surface area contributed by atoms with Gasteiger partial charge in [-0.2, -0.15) is 31.4 Å². The molecule has 150 valence electrons. The van der Waals surface area contributed by atoms with Crippen LogP contribution in [0.25, 0.3) is 0 Å². The summed E-state index contributed by atoms with van der Waals surface area (Å²) in [5.41, 5.74) is 1.83. The molecule has 2 rings (SSSR count). The van der Waals surface area contributed by atoms with E-state index in [2.05, 4.69) is 16.0 Å². The Kier molecular flexibility index (Phi) is 5.85. The highest BCUT2D eigenvalue weighted by Crippen LogP contribution is 2.36. The van der Waals surface area contributed by atoms with Crippen LogP contribution in [-0.4, -0.2) is 35.8 Å². The first-order valence-corrected chi connectivity index (χ1v) is 7.48. The van der Waals surface area contributed by atoms with E-state index < -0.39 is 36.1 Å². The smallest absolute Gasteiger partial charge is 0.432 e. The summed E-state index contributed by atoms with van der Waals surface area (Å²) in [5.74, 6) is -0.151. The molecule has 0 saturated carbocycles. The number of alkyl halides is 6. The van der Waals surface area contributed by atoms with Crippen molar-refractivity contribution in [2.75, 3.05) is 13.7 Å². The average Bonchev–Trinajstić information content (AvgIpc) is 2.92. The van der Waals surface area contributed by atoms with Crippen LogP contribution in [0.1, 0.15) is 23.6 Å². The van der Waals surface area contributed by atoms with Gasteiger partial charge in [0.1, 0.15) is 0 Å². The molecule has 1 saturated heterocycles. The van der Waals surface area contributed by atoms with Crippen LogP contribution in [0.15, 0.2) is 23.2 Å². The van der Waals surface area contributed by atoms with Gasteiger partial charge >= 0.3 is 18.4 Å². The summed E-state index contributed by atoms with van der Waals surface area (Å²) in [6, 6.07) is 1.17. The number of halogens is 6.